The van der Waals surface area contributed by atoms with E-state index in [4.69, 9.17) is 16.3 Å². The van der Waals surface area contributed by atoms with Crippen LogP contribution in [0.1, 0.15) is 23.5 Å². The van der Waals surface area contributed by atoms with Gasteiger partial charge in [-0.25, -0.2) is 9.78 Å². The van der Waals surface area contributed by atoms with Crippen LogP contribution >= 0.6 is 22.9 Å². The molecule has 0 atom stereocenters. The van der Waals surface area contributed by atoms with Gasteiger partial charge in [0.2, 0.25) is 0 Å². The fraction of sp³-hybridized carbons (Fsp3) is 0.286. The van der Waals surface area contributed by atoms with Crippen LogP contribution in [0.5, 0.6) is 5.75 Å². The zero-order valence-corrected chi connectivity index (χ0v) is 12.9. The molecule has 2 rings (SSSR count). The van der Waals surface area contributed by atoms with Gasteiger partial charge in [-0.1, -0.05) is 23.7 Å². The van der Waals surface area contributed by atoms with Crippen LogP contribution in [-0.2, 0) is 4.74 Å². The monoisotopic (exact) mass is 311 g/mol. The van der Waals surface area contributed by atoms with Crippen molar-refractivity contribution < 1.29 is 14.3 Å². The van der Waals surface area contributed by atoms with Gasteiger partial charge in [0.05, 0.1) is 13.2 Å². The Balaban J connectivity index is 2.34. The highest BCUT2D eigenvalue weighted by Crippen LogP contribution is 2.32. The number of aromatic nitrogens is 1. The van der Waals surface area contributed by atoms with Gasteiger partial charge < -0.3 is 9.47 Å². The SMILES string of the molecule is COC(=O)c1sc(-c2cccc(OC(C)C)c2)nc1Cl. The highest BCUT2D eigenvalue weighted by atomic mass is 35.5. The topological polar surface area (TPSA) is 48.4 Å². The Morgan fingerprint density at radius 3 is 2.80 bits per heavy atom. The lowest BCUT2D eigenvalue weighted by Gasteiger charge is -2.09. The van der Waals surface area contributed by atoms with Gasteiger partial charge in [0.15, 0.2) is 10.0 Å². The predicted octanol–water partition coefficient (Wildman–Crippen LogP) is 4.04. The Kier molecular flexibility index (Phi) is 4.62. The van der Waals surface area contributed by atoms with Crippen LogP contribution in [-0.4, -0.2) is 24.2 Å². The lowest BCUT2D eigenvalue weighted by Crippen LogP contribution is -2.05. The van der Waals surface area contributed by atoms with E-state index in [0.29, 0.717) is 9.88 Å². The van der Waals surface area contributed by atoms with Crippen molar-refractivity contribution in [1.29, 1.82) is 0 Å². The van der Waals surface area contributed by atoms with E-state index in [1.807, 2.05) is 38.1 Å². The minimum atomic E-state index is -0.478. The lowest BCUT2D eigenvalue weighted by molar-refractivity contribution is 0.0606. The molecular weight excluding hydrogens is 298 g/mol. The van der Waals surface area contributed by atoms with Crippen molar-refractivity contribution in [2.45, 2.75) is 20.0 Å². The van der Waals surface area contributed by atoms with Crippen LogP contribution in [0.4, 0.5) is 0 Å². The number of esters is 1. The summed E-state index contributed by atoms with van der Waals surface area (Å²) in [6, 6.07) is 7.51. The Bertz CT molecular complexity index is 625. The van der Waals surface area contributed by atoms with Crippen molar-refractivity contribution in [3.05, 3.63) is 34.3 Å². The van der Waals surface area contributed by atoms with E-state index < -0.39 is 5.97 Å². The second kappa shape index (κ2) is 6.24. The largest absolute Gasteiger partial charge is 0.491 e. The van der Waals surface area contributed by atoms with Gasteiger partial charge in [-0.3, -0.25) is 0 Å². The highest BCUT2D eigenvalue weighted by molar-refractivity contribution is 7.17. The molecule has 106 valence electrons. The van der Waals surface area contributed by atoms with Crippen molar-refractivity contribution in [3.63, 3.8) is 0 Å². The Labute approximate surface area is 126 Å². The summed E-state index contributed by atoms with van der Waals surface area (Å²) in [6.45, 7) is 3.92. The van der Waals surface area contributed by atoms with E-state index in [2.05, 4.69) is 9.72 Å². The van der Waals surface area contributed by atoms with Gasteiger partial charge in [0.25, 0.3) is 0 Å². The normalized spacial score (nSPS) is 10.7. The summed E-state index contributed by atoms with van der Waals surface area (Å²) in [5.41, 5.74) is 0.852. The fourth-order valence-electron chi connectivity index (χ4n) is 1.62. The number of rotatable bonds is 4. The number of carbonyl (C=O) groups is 1. The summed E-state index contributed by atoms with van der Waals surface area (Å²) in [7, 11) is 1.31. The van der Waals surface area contributed by atoms with Gasteiger partial charge in [0, 0.05) is 5.56 Å². The quantitative estimate of drug-likeness (QED) is 0.800. The first-order chi connectivity index (χ1) is 9.51. The number of hydrogen-bond acceptors (Lipinski definition) is 5. The molecule has 0 aliphatic rings. The molecule has 0 saturated heterocycles. The second-order valence-corrected chi connectivity index (χ2v) is 5.68. The van der Waals surface area contributed by atoms with Crippen LogP contribution in [0, 0.1) is 0 Å². The zero-order valence-electron chi connectivity index (χ0n) is 11.3. The van der Waals surface area contributed by atoms with Crippen LogP contribution in [0.2, 0.25) is 5.15 Å². The number of thiazole rings is 1. The number of carbonyl (C=O) groups excluding carboxylic acids is 1. The van der Waals surface area contributed by atoms with E-state index in [-0.39, 0.29) is 11.3 Å². The first kappa shape index (κ1) is 14.8. The first-order valence-corrected chi connectivity index (χ1v) is 7.22. The molecule has 2 aromatic rings. The van der Waals surface area contributed by atoms with Gasteiger partial charge in [-0.15, -0.1) is 11.3 Å². The molecule has 6 heteroatoms. The summed E-state index contributed by atoms with van der Waals surface area (Å²) >= 11 is 7.16. The molecular formula is C14H14ClNO3S. The molecule has 1 aromatic carbocycles. The molecule has 4 nitrogen and oxygen atoms in total. The van der Waals surface area contributed by atoms with Crippen LogP contribution in [0.15, 0.2) is 24.3 Å². The van der Waals surface area contributed by atoms with Gasteiger partial charge in [0.1, 0.15) is 10.8 Å². The van der Waals surface area contributed by atoms with E-state index in [1.165, 1.54) is 18.4 Å². The van der Waals surface area contributed by atoms with Crippen LogP contribution in [0.25, 0.3) is 10.6 Å². The van der Waals surface area contributed by atoms with Gasteiger partial charge in [-0.05, 0) is 26.0 Å². The van der Waals surface area contributed by atoms with Crippen molar-refractivity contribution >= 4 is 28.9 Å². The molecule has 1 aromatic heterocycles. The smallest absolute Gasteiger partial charge is 0.351 e. The van der Waals surface area contributed by atoms with Gasteiger partial charge in [-0.2, -0.15) is 0 Å². The van der Waals surface area contributed by atoms with Crippen molar-refractivity contribution in [2.75, 3.05) is 7.11 Å². The van der Waals surface area contributed by atoms with E-state index >= 15 is 0 Å². The third-order valence-electron chi connectivity index (χ3n) is 2.41. The zero-order chi connectivity index (χ0) is 14.7. The van der Waals surface area contributed by atoms with Crippen molar-refractivity contribution in [2.24, 2.45) is 0 Å². The molecule has 0 unspecified atom stereocenters. The minimum absolute atomic E-state index is 0.0933. The molecule has 0 spiro atoms. The number of ether oxygens (including phenoxy) is 2. The molecule has 0 amide bonds. The first-order valence-electron chi connectivity index (χ1n) is 6.03. The van der Waals surface area contributed by atoms with E-state index in [0.717, 1.165) is 11.3 Å². The predicted molar refractivity (Wildman–Crippen MR) is 79.7 cm³/mol. The molecule has 0 N–H and O–H groups in total. The average molecular weight is 312 g/mol. The molecule has 1 heterocycles. The Morgan fingerprint density at radius 2 is 2.15 bits per heavy atom. The van der Waals surface area contributed by atoms with Crippen molar-refractivity contribution in [1.82, 2.24) is 4.98 Å². The maximum Gasteiger partial charge on any atom is 0.351 e. The highest BCUT2D eigenvalue weighted by Gasteiger charge is 2.18. The molecule has 0 fully saturated rings. The molecule has 0 bridgehead atoms. The molecule has 0 aliphatic carbocycles. The Hall–Kier alpha value is -1.59. The van der Waals surface area contributed by atoms with Crippen LogP contribution < -0.4 is 4.74 Å². The average Bonchev–Trinajstić information content (AvgIpc) is 2.79. The summed E-state index contributed by atoms with van der Waals surface area (Å²) < 4.78 is 10.3. The Morgan fingerprint density at radius 1 is 1.40 bits per heavy atom. The summed E-state index contributed by atoms with van der Waals surface area (Å²) in [5, 5.41) is 0.816. The fourth-order valence-corrected chi connectivity index (χ4v) is 2.82. The number of hydrogen-bond donors (Lipinski definition) is 0. The van der Waals surface area contributed by atoms with Crippen molar-refractivity contribution in [3.8, 4) is 16.3 Å². The number of benzene rings is 1. The van der Waals surface area contributed by atoms with E-state index in [9.17, 15) is 4.79 Å². The van der Waals surface area contributed by atoms with E-state index in [1.54, 1.807) is 0 Å². The summed E-state index contributed by atoms with van der Waals surface area (Å²) in [6.07, 6.45) is 0.0933. The second-order valence-electron chi connectivity index (χ2n) is 4.32. The maximum atomic E-state index is 11.5. The standard InChI is InChI=1S/C14H14ClNO3S/c1-8(2)19-10-6-4-5-9(7-10)13-16-12(15)11(20-13)14(17)18-3/h4-8H,1-3H3. The summed E-state index contributed by atoms with van der Waals surface area (Å²) in [5.74, 6) is 0.275. The van der Waals surface area contributed by atoms with Gasteiger partial charge >= 0.3 is 5.97 Å². The third-order valence-corrected chi connectivity index (χ3v) is 3.88. The number of halogens is 1. The number of nitrogens with zero attached hydrogens (tertiary/aromatic N) is 1. The maximum absolute atomic E-state index is 11.5. The molecule has 0 aliphatic heterocycles. The minimum Gasteiger partial charge on any atom is -0.491 e. The molecule has 0 saturated carbocycles. The van der Waals surface area contributed by atoms with Crippen LogP contribution in [0.3, 0.4) is 0 Å². The molecule has 0 radical (unpaired) electrons. The lowest BCUT2D eigenvalue weighted by atomic mass is 10.2. The number of methoxy groups -OCH3 is 1. The summed E-state index contributed by atoms with van der Waals surface area (Å²) in [4.78, 5) is 16.0. The third kappa shape index (κ3) is 3.29. The molecule has 20 heavy (non-hydrogen) atoms.